The number of alkyl halides is 2. The smallest absolute Gasteiger partial charge is 0.263 e. The van der Waals surface area contributed by atoms with Gasteiger partial charge in [-0.3, -0.25) is 0 Å². The average molecular weight is 265 g/mol. The van der Waals surface area contributed by atoms with Gasteiger partial charge in [-0.05, 0) is 16.9 Å². The van der Waals surface area contributed by atoms with Gasteiger partial charge in [-0.25, -0.2) is 8.78 Å². The van der Waals surface area contributed by atoms with Crippen LogP contribution < -0.4 is 11.2 Å². The van der Waals surface area contributed by atoms with E-state index in [1.165, 1.54) is 6.07 Å². The monoisotopic (exact) mass is 265 g/mol. The van der Waals surface area contributed by atoms with Crippen LogP contribution in [0, 0.1) is 10.8 Å². The Labute approximate surface area is 114 Å². The van der Waals surface area contributed by atoms with Gasteiger partial charge in [-0.2, -0.15) is 0 Å². The average Bonchev–Trinajstić information content (AvgIpc) is 2.48. The summed E-state index contributed by atoms with van der Waals surface area (Å²) in [6.07, 6.45) is -0.435. The van der Waals surface area contributed by atoms with Crippen molar-refractivity contribution < 1.29 is 8.78 Å². The van der Waals surface area contributed by atoms with Gasteiger partial charge in [0.05, 0.1) is 0 Å². The molecule has 2 rings (SSSR count). The molecule has 0 spiro atoms. The molecule has 0 bridgehead atoms. The quantitative estimate of drug-likeness (QED) is 0.635. The second-order valence-corrected chi connectivity index (χ2v) is 7.06. The van der Waals surface area contributed by atoms with Crippen molar-refractivity contribution in [3.05, 3.63) is 23.8 Å². The van der Waals surface area contributed by atoms with Crippen molar-refractivity contribution in [1.82, 2.24) is 0 Å². The molecule has 1 aliphatic heterocycles. The van der Waals surface area contributed by atoms with Crippen molar-refractivity contribution in [2.45, 2.75) is 46.8 Å². The zero-order valence-electron chi connectivity index (χ0n) is 12.1. The van der Waals surface area contributed by atoms with Gasteiger partial charge in [0.1, 0.15) is 0 Å². The molecule has 0 aliphatic carbocycles. The third kappa shape index (κ3) is 2.50. The second kappa shape index (κ2) is 4.50. The number of anilines is 1. The number of rotatable bonds is 2. The van der Waals surface area contributed by atoms with Crippen molar-refractivity contribution in [1.29, 1.82) is 0 Å². The fourth-order valence-corrected chi connectivity index (χ4v) is 3.16. The van der Waals surface area contributed by atoms with Crippen LogP contribution in [0.5, 0.6) is 0 Å². The molecule has 0 atom stereocenters. The van der Waals surface area contributed by atoms with E-state index in [1.807, 2.05) is 0 Å². The molecule has 1 aromatic rings. The van der Waals surface area contributed by atoms with E-state index in [2.05, 4.69) is 27.7 Å². The summed E-state index contributed by atoms with van der Waals surface area (Å²) in [5.41, 5.74) is 8.02. The molecular formula is C15H22BF2N. The summed E-state index contributed by atoms with van der Waals surface area (Å²) in [4.78, 5) is 0. The van der Waals surface area contributed by atoms with E-state index in [9.17, 15) is 8.78 Å². The highest BCUT2D eigenvalue weighted by Gasteiger charge is 2.48. The Bertz CT molecular complexity index is 467. The highest BCUT2D eigenvalue weighted by atomic mass is 19.3. The van der Waals surface area contributed by atoms with E-state index in [0.717, 1.165) is 18.1 Å². The summed E-state index contributed by atoms with van der Waals surface area (Å²) in [6.45, 7) is 9.28. The first-order valence-corrected chi connectivity index (χ1v) is 6.81. The number of hydrogen-bond acceptors (Lipinski definition) is 1. The Morgan fingerprint density at radius 1 is 1.11 bits per heavy atom. The predicted molar refractivity (Wildman–Crippen MR) is 78.4 cm³/mol. The lowest BCUT2D eigenvalue weighted by Crippen LogP contribution is -2.31. The van der Waals surface area contributed by atoms with Gasteiger partial charge >= 0.3 is 0 Å². The summed E-state index contributed by atoms with van der Waals surface area (Å²) in [5.74, 6) is 0. The van der Waals surface area contributed by atoms with Crippen LogP contribution in [-0.4, -0.2) is 6.71 Å². The van der Waals surface area contributed by atoms with Crippen LogP contribution in [0.25, 0.3) is 0 Å². The number of nitrogen functional groups attached to an aromatic ring is 1. The Morgan fingerprint density at radius 3 is 2.11 bits per heavy atom. The van der Waals surface area contributed by atoms with Crippen molar-refractivity contribution >= 4 is 17.9 Å². The van der Waals surface area contributed by atoms with E-state index >= 15 is 0 Å². The Morgan fingerprint density at radius 2 is 1.63 bits per heavy atom. The molecule has 0 amide bonds. The molecular weight excluding hydrogens is 243 g/mol. The van der Waals surface area contributed by atoms with Gasteiger partial charge in [-0.15, -0.1) is 0 Å². The highest BCUT2D eigenvalue weighted by Crippen LogP contribution is 2.52. The summed E-state index contributed by atoms with van der Waals surface area (Å²) >= 11 is 0. The van der Waals surface area contributed by atoms with E-state index in [1.54, 1.807) is 12.1 Å². The summed E-state index contributed by atoms with van der Waals surface area (Å²) < 4.78 is 25.7. The maximum Gasteiger partial charge on any atom is 0.263 e. The molecule has 1 saturated heterocycles. The minimum Gasteiger partial charge on any atom is -0.399 e. The molecule has 0 unspecified atom stereocenters. The maximum atomic E-state index is 12.8. The van der Waals surface area contributed by atoms with Crippen molar-refractivity contribution in [2.75, 3.05) is 5.73 Å². The molecule has 1 nitrogen and oxygen atoms in total. The van der Waals surface area contributed by atoms with E-state index < -0.39 is 6.43 Å². The lowest BCUT2D eigenvalue weighted by atomic mass is 9.41. The molecule has 1 aliphatic rings. The van der Waals surface area contributed by atoms with Crippen molar-refractivity contribution in [2.24, 2.45) is 10.8 Å². The third-order valence-corrected chi connectivity index (χ3v) is 5.15. The normalized spacial score (nSPS) is 21.1. The number of nitrogens with two attached hydrogens (primary N) is 1. The minimum atomic E-state index is -2.43. The van der Waals surface area contributed by atoms with E-state index in [-0.39, 0.29) is 23.1 Å². The molecule has 1 heterocycles. The topological polar surface area (TPSA) is 26.0 Å². The van der Waals surface area contributed by atoms with Crippen LogP contribution in [-0.2, 0) is 0 Å². The van der Waals surface area contributed by atoms with Gasteiger partial charge in [0.2, 0.25) is 0 Å². The van der Waals surface area contributed by atoms with E-state index in [0.29, 0.717) is 5.69 Å². The van der Waals surface area contributed by atoms with Gasteiger partial charge < -0.3 is 5.73 Å². The number of hydrogen-bond donors (Lipinski definition) is 1. The molecule has 1 aromatic carbocycles. The Hall–Kier alpha value is -1.06. The van der Waals surface area contributed by atoms with Crippen molar-refractivity contribution in [3.63, 3.8) is 0 Å². The fraction of sp³-hybridized carbons (Fsp3) is 0.600. The van der Waals surface area contributed by atoms with Crippen LogP contribution in [0.15, 0.2) is 18.2 Å². The summed E-state index contributed by atoms with van der Waals surface area (Å²) in [5, 5.41) is 0. The van der Waals surface area contributed by atoms with Gasteiger partial charge in [0.15, 0.2) is 6.71 Å². The summed E-state index contributed by atoms with van der Waals surface area (Å²) in [7, 11) is 0. The van der Waals surface area contributed by atoms with Gasteiger partial charge in [0, 0.05) is 11.3 Å². The number of halogens is 2. The number of benzene rings is 1. The zero-order chi connectivity index (χ0) is 14.4. The molecule has 1 fully saturated rings. The lowest BCUT2D eigenvalue weighted by molar-refractivity contribution is 0.151. The maximum absolute atomic E-state index is 12.8. The molecule has 0 saturated carbocycles. The van der Waals surface area contributed by atoms with Crippen LogP contribution in [0.4, 0.5) is 14.5 Å². The zero-order valence-corrected chi connectivity index (χ0v) is 12.1. The first kappa shape index (κ1) is 14.4. The highest BCUT2D eigenvalue weighted by molar-refractivity contribution is 6.75. The molecule has 104 valence electrons. The standard InChI is InChI=1S/C15H22BF2N/c1-14(2)8-16(9-15(14,3)4)11-7-10(13(17)18)5-6-12(11)19/h5-7,13H,8-9,19H2,1-4H3. The van der Waals surface area contributed by atoms with Crippen molar-refractivity contribution in [3.8, 4) is 0 Å². The molecule has 4 heteroatoms. The van der Waals surface area contributed by atoms with Crippen LogP contribution in [0.1, 0.15) is 39.7 Å². The van der Waals surface area contributed by atoms with Gasteiger partial charge in [-0.1, -0.05) is 57.9 Å². The largest absolute Gasteiger partial charge is 0.399 e. The third-order valence-electron chi connectivity index (χ3n) is 5.15. The Balaban J connectivity index is 2.36. The minimum absolute atomic E-state index is 0.0757. The summed E-state index contributed by atoms with van der Waals surface area (Å²) in [6, 6.07) is 4.64. The molecule has 0 radical (unpaired) electrons. The fourth-order valence-electron chi connectivity index (χ4n) is 3.16. The first-order chi connectivity index (χ1) is 8.64. The predicted octanol–water partition coefficient (Wildman–Crippen LogP) is 3.97. The SMILES string of the molecule is CC1(C)CB(c2cc(C(F)F)ccc2N)CC1(C)C. The molecule has 19 heavy (non-hydrogen) atoms. The van der Waals surface area contributed by atoms with Crippen LogP contribution >= 0.6 is 0 Å². The second-order valence-electron chi connectivity index (χ2n) is 7.06. The van der Waals surface area contributed by atoms with Gasteiger partial charge in [0.25, 0.3) is 6.43 Å². The van der Waals surface area contributed by atoms with Crippen LogP contribution in [0.3, 0.4) is 0 Å². The molecule has 0 aromatic heterocycles. The Kier molecular flexibility index (Phi) is 3.40. The van der Waals surface area contributed by atoms with E-state index in [4.69, 9.17) is 5.73 Å². The first-order valence-electron chi connectivity index (χ1n) is 6.81. The lowest BCUT2D eigenvalue weighted by Gasteiger charge is -2.35. The van der Waals surface area contributed by atoms with Crippen LogP contribution in [0.2, 0.25) is 12.6 Å². The molecule has 2 N–H and O–H groups in total.